The Morgan fingerprint density at radius 3 is 2.95 bits per heavy atom. The molecule has 2 rings (SSSR count). The lowest BCUT2D eigenvalue weighted by Crippen LogP contribution is -2.54. The summed E-state index contributed by atoms with van der Waals surface area (Å²) in [4.78, 5) is 27.5. The third kappa shape index (κ3) is 4.06. The van der Waals surface area contributed by atoms with Crippen LogP contribution in [0, 0.1) is 0 Å². The number of esters is 1. The van der Waals surface area contributed by atoms with Gasteiger partial charge in [0.2, 0.25) is 5.88 Å². The molecule has 2 heterocycles. The largest absolute Gasteiger partial charge is 0.476 e. The average molecular weight is 295 g/mol. The van der Waals surface area contributed by atoms with Crippen molar-refractivity contribution in [2.24, 2.45) is 0 Å². The number of carboxylic acid groups (broad SMARTS) is 1. The number of amides is 1. The van der Waals surface area contributed by atoms with E-state index < -0.39 is 12.1 Å². The summed E-state index contributed by atoms with van der Waals surface area (Å²) in [5, 5.41) is 12.1. The lowest BCUT2D eigenvalue weighted by molar-refractivity contribution is 0.0600. The maximum atomic E-state index is 11.3. The van der Waals surface area contributed by atoms with Gasteiger partial charge < -0.3 is 24.8 Å². The van der Waals surface area contributed by atoms with Crippen molar-refractivity contribution in [2.75, 3.05) is 33.4 Å². The fourth-order valence-corrected chi connectivity index (χ4v) is 2.00. The highest BCUT2D eigenvalue weighted by molar-refractivity contribution is 5.88. The summed E-state index contributed by atoms with van der Waals surface area (Å²) < 4.78 is 10.1. The number of methoxy groups -OCH3 is 1. The third-order valence-electron chi connectivity index (χ3n) is 3.12. The number of rotatable bonds is 4. The molecule has 1 fully saturated rings. The first-order valence-electron chi connectivity index (χ1n) is 6.48. The molecule has 1 aliphatic heterocycles. The van der Waals surface area contributed by atoms with Gasteiger partial charge in [0.25, 0.3) is 0 Å². The Hall–Kier alpha value is -2.35. The van der Waals surface area contributed by atoms with Gasteiger partial charge in [-0.25, -0.2) is 14.6 Å². The second-order valence-corrected chi connectivity index (χ2v) is 4.57. The summed E-state index contributed by atoms with van der Waals surface area (Å²) in [6.07, 6.45) is 0.445. The van der Waals surface area contributed by atoms with Crippen molar-refractivity contribution in [3.8, 4) is 5.88 Å². The van der Waals surface area contributed by atoms with E-state index in [-0.39, 0.29) is 6.04 Å². The molecule has 8 nitrogen and oxygen atoms in total. The Morgan fingerprint density at radius 2 is 2.33 bits per heavy atom. The molecule has 1 aromatic heterocycles. The molecule has 0 bridgehead atoms. The summed E-state index contributed by atoms with van der Waals surface area (Å²) in [5.74, 6) is -0.0861. The van der Waals surface area contributed by atoms with Gasteiger partial charge in [-0.1, -0.05) is 0 Å². The van der Waals surface area contributed by atoms with E-state index in [1.807, 2.05) is 0 Å². The zero-order chi connectivity index (χ0) is 15.2. The van der Waals surface area contributed by atoms with Crippen molar-refractivity contribution in [1.82, 2.24) is 15.2 Å². The van der Waals surface area contributed by atoms with E-state index in [9.17, 15) is 9.59 Å². The van der Waals surface area contributed by atoms with Gasteiger partial charge in [-0.3, -0.25) is 0 Å². The molecule has 0 aliphatic carbocycles. The normalized spacial score (nSPS) is 18.1. The van der Waals surface area contributed by atoms with Crippen LogP contribution in [0.3, 0.4) is 0 Å². The molecule has 0 aromatic carbocycles. The van der Waals surface area contributed by atoms with Crippen LogP contribution in [0.5, 0.6) is 5.88 Å². The lowest BCUT2D eigenvalue weighted by Gasteiger charge is -2.31. The van der Waals surface area contributed by atoms with E-state index in [1.54, 1.807) is 12.1 Å². The van der Waals surface area contributed by atoms with Gasteiger partial charge in [0.05, 0.1) is 18.7 Å². The van der Waals surface area contributed by atoms with Crippen LogP contribution in [-0.2, 0) is 4.74 Å². The van der Waals surface area contributed by atoms with Crippen molar-refractivity contribution in [1.29, 1.82) is 0 Å². The van der Waals surface area contributed by atoms with Crippen LogP contribution >= 0.6 is 0 Å². The van der Waals surface area contributed by atoms with Crippen LogP contribution in [0.15, 0.2) is 18.3 Å². The predicted molar refractivity (Wildman–Crippen MR) is 72.5 cm³/mol. The molecule has 2 N–H and O–H groups in total. The summed E-state index contributed by atoms with van der Waals surface area (Å²) in [6, 6.07) is 3.05. The average Bonchev–Trinajstić information content (AvgIpc) is 2.53. The molecule has 0 radical (unpaired) electrons. The minimum absolute atomic E-state index is 0.0862. The summed E-state index contributed by atoms with van der Waals surface area (Å²) >= 11 is 0. The number of aromatic nitrogens is 1. The highest BCUT2D eigenvalue weighted by Crippen LogP contribution is 2.09. The van der Waals surface area contributed by atoms with E-state index >= 15 is 0 Å². The number of carbonyl (C=O) groups is 2. The number of pyridine rings is 1. The van der Waals surface area contributed by atoms with Crippen LogP contribution in [-0.4, -0.2) is 66.4 Å². The molecule has 1 aliphatic rings. The van der Waals surface area contributed by atoms with Gasteiger partial charge in [0.15, 0.2) is 0 Å². The van der Waals surface area contributed by atoms with E-state index in [1.165, 1.54) is 18.2 Å². The number of hydrogen-bond acceptors (Lipinski definition) is 6. The molecule has 0 saturated carbocycles. The molecular formula is C13H17N3O5. The molecule has 0 unspecified atom stereocenters. The summed E-state index contributed by atoms with van der Waals surface area (Å²) in [7, 11) is 1.30. The first-order valence-corrected chi connectivity index (χ1v) is 6.48. The smallest absolute Gasteiger partial charge is 0.407 e. The highest BCUT2D eigenvalue weighted by Gasteiger charge is 2.23. The maximum Gasteiger partial charge on any atom is 0.407 e. The molecule has 21 heavy (non-hydrogen) atoms. The van der Waals surface area contributed by atoms with E-state index in [0.717, 1.165) is 0 Å². The monoisotopic (exact) mass is 295 g/mol. The van der Waals surface area contributed by atoms with Crippen LogP contribution in [0.25, 0.3) is 0 Å². The van der Waals surface area contributed by atoms with Crippen molar-refractivity contribution in [3.63, 3.8) is 0 Å². The van der Waals surface area contributed by atoms with Gasteiger partial charge in [-0.2, -0.15) is 0 Å². The van der Waals surface area contributed by atoms with Crippen molar-refractivity contribution in [2.45, 2.75) is 6.04 Å². The molecule has 1 aromatic rings. The Balaban J connectivity index is 1.85. The number of nitrogens with one attached hydrogen (secondary N) is 1. The van der Waals surface area contributed by atoms with Gasteiger partial charge in [-0.05, 0) is 6.07 Å². The van der Waals surface area contributed by atoms with Gasteiger partial charge in [0, 0.05) is 31.9 Å². The number of piperazine rings is 1. The Labute approximate surface area is 121 Å². The summed E-state index contributed by atoms with van der Waals surface area (Å²) in [5.41, 5.74) is 0.345. The van der Waals surface area contributed by atoms with Crippen LogP contribution < -0.4 is 10.1 Å². The van der Waals surface area contributed by atoms with Crippen LogP contribution in [0.4, 0.5) is 4.79 Å². The zero-order valence-corrected chi connectivity index (χ0v) is 11.6. The van der Waals surface area contributed by atoms with Crippen LogP contribution in [0.2, 0.25) is 0 Å². The third-order valence-corrected chi connectivity index (χ3v) is 3.12. The van der Waals surface area contributed by atoms with Crippen molar-refractivity contribution < 1.29 is 24.2 Å². The van der Waals surface area contributed by atoms with Gasteiger partial charge in [-0.15, -0.1) is 0 Å². The molecule has 1 saturated heterocycles. The Morgan fingerprint density at radius 1 is 1.52 bits per heavy atom. The van der Waals surface area contributed by atoms with Crippen molar-refractivity contribution >= 4 is 12.1 Å². The quantitative estimate of drug-likeness (QED) is 0.765. The van der Waals surface area contributed by atoms with Crippen LogP contribution in [0.1, 0.15) is 10.4 Å². The topological polar surface area (TPSA) is 101 Å². The minimum atomic E-state index is -0.929. The Bertz CT molecular complexity index is 505. The SMILES string of the molecule is COC(=O)c1ccc(OC[C@@H]2CN(C(=O)O)CCN2)nc1. The van der Waals surface area contributed by atoms with Gasteiger partial charge in [0.1, 0.15) is 6.61 Å². The number of hydrogen-bond donors (Lipinski definition) is 2. The predicted octanol–water partition coefficient (Wildman–Crippen LogP) is 0.199. The zero-order valence-electron chi connectivity index (χ0n) is 11.6. The fourth-order valence-electron chi connectivity index (χ4n) is 2.00. The fraction of sp³-hybridized carbons (Fsp3) is 0.462. The van der Waals surface area contributed by atoms with E-state index in [0.29, 0.717) is 37.7 Å². The molecule has 1 amide bonds. The van der Waals surface area contributed by atoms with E-state index in [4.69, 9.17) is 9.84 Å². The lowest BCUT2D eigenvalue weighted by atomic mass is 10.2. The molecule has 1 atom stereocenters. The molecule has 114 valence electrons. The standard InChI is InChI=1S/C13H17N3O5/c1-20-12(17)9-2-3-11(15-6-9)21-8-10-7-16(13(18)19)5-4-14-10/h2-3,6,10,14H,4-5,7-8H2,1H3,(H,18,19)/t10-/m0/s1. The number of ether oxygens (including phenoxy) is 2. The minimum Gasteiger partial charge on any atom is -0.476 e. The van der Waals surface area contributed by atoms with E-state index in [2.05, 4.69) is 15.0 Å². The summed E-state index contributed by atoms with van der Waals surface area (Å²) in [6.45, 7) is 1.73. The first-order chi connectivity index (χ1) is 10.1. The second-order valence-electron chi connectivity index (χ2n) is 4.57. The van der Waals surface area contributed by atoms with Crippen molar-refractivity contribution in [3.05, 3.63) is 23.9 Å². The Kier molecular flexibility index (Phi) is 4.94. The number of carbonyl (C=O) groups excluding carboxylic acids is 1. The maximum absolute atomic E-state index is 11.3. The molecular weight excluding hydrogens is 278 g/mol. The molecule has 8 heteroatoms. The highest BCUT2D eigenvalue weighted by atomic mass is 16.5. The second kappa shape index (κ2) is 6.89. The van der Waals surface area contributed by atoms with Gasteiger partial charge >= 0.3 is 12.1 Å². The first kappa shape index (κ1) is 15.0. The number of nitrogens with zero attached hydrogens (tertiary/aromatic N) is 2. The molecule has 0 spiro atoms.